The number of rotatable bonds is 7. The van der Waals surface area contributed by atoms with E-state index in [2.05, 4.69) is 39.6 Å². The van der Waals surface area contributed by atoms with Crippen LogP contribution in [0.5, 0.6) is 0 Å². The Labute approximate surface area is 194 Å². The highest BCUT2D eigenvalue weighted by Gasteiger charge is 2.38. The lowest BCUT2D eigenvalue weighted by Crippen LogP contribution is -2.30. The molecule has 0 radical (unpaired) electrons. The zero-order valence-corrected chi connectivity index (χ0v) is 19.4. The second-order valence-corrected chi connectivity index (χ2v) is 8.16. The van der Waals surface area contributed by atoms with Gasteiger partial charge in [-0.25, -0.2) is 9.78 Å². The molecule has 1 aliphatic carbocycles. The number of methoxy groups -OCH3 is 1. The van der Waals surface area contributed by atoms with Crippen molar-refractivity contribution in [3.8, 4) is 0 Å². The van der Waals surface area contributed by atoms with Crippen LogP contribution < -0.4 is 10.6 Å². The average Bonchev–Trinajstić information content (AvgIpc) is 3.38. The average molecular weight is 494 g/mol. The standard InChI is InChI=1S/C18H26ClN5O2.C2HF3O2/c1-10(2)12-9-26-24-14(12)8-20-17-16(19)11(3)21-18(23-17)22-13-6-5-7-15(13)25-4;3-2(4,5)1(6)7/h9-10,13,15H,5-8H2,1-4H3,(H2,20,21,22,23);(H,6,7)/t13-,15-;/m1./s1. The van der Waals surface area contributed by atoms with Crippen molar-refractivity contribution in [2.75, 3.05) is 17.7 Å². The summed E-state index contributed by atoms with van der Waals surface area (Å²) >= 11 is 6.40. The number of carboxylic acids is 1. The molecule has 2 aromatic rings. The Morgan fingerprint density at radius 1 is 1.36 bits per heavy atom. The van der Waals surface area contributed by atoms with Crippen LogP contribution in [0.4, 0.5) is 24.9 Å². The number of aromatic nitrogens is 3. The SMILES string of the molecule is CO[C@@H]1CCC[C@H]1Nc1nc(C)c(Cl)c(NCc2nocc2C(C)C)n1.O=C(O)C(F)(F)F. The summed E-state index contributed by atoms with van der Waals surface area (Å²) in [6.07, 6.45) is 0.0263. The second-order valence-electron chi connectivity index (χ2n) is 7.78. The lowest BCUT2D eigenvalue weighted by molar-refractivity contribution is -0.192. The lowest BCUT2D eigenvalue weighted by atomic mass is 10.0. The van der Waals surface area contributed by atoms with Gasteiger partial charge in [-0.1, -0.05) is 30.6 Å². The maximum absolute atomic E-state index is 10.6. The first-order chi connectivity index (χ1) is 15.4. The highest BCUT2D eigenvalue weighted by molar-refractivity contribution is 6.33. The van der Waals surface area contributed by atoms with Gasteiger partial charge in [0.2, 0.25) is 5.95 Å². The Kier molecular flexibility index (Phi) is 9.29. The van der Waals surface area contributed by atoms with Crippen molar-refractivity contribution < 1.29 is 32.3 Å². The van der Waals surface area contributed by atoms with E-state index in [0.717, 1.165) is 36.2 Å². The Bertz CT molecular complexity index is 939. The van der Waals surface area contributed by atoms with E-state index in [-0.39, 0.29) is 12.1 Å². The maximum Gasteiger partial charge on any atom is 0.490 e. The van der Waals surface area contributed by atoms with Gasteiger partial charge in [0.15, 0.2) is 5.82 Å². The van der Waals surface area contributed by atoms with E-state index in [0.29, 0.717) is 29.3 Å². The normalized spacial score (nSPS) is 18.1. The lowest BCUT2D eigenvalue weighted by Gasteiger charge is -2.20. The van der Waals surface area contributed by atoms with E-state index >= 15 is 0 Å². The van der Waals surface area contributed by atoms with Gasteiger partial charge in [0.1, 0.15) is 17.0 Å². The van der Waals surface area contributed by atoms with Crippen LogP contribution in [0.15, 0.2) is 10.8 Å². The van der Waals surface area contributed by atoms with Crippen LogP contribution in [-0.2, 0) is 16.1 Å². The molecule has 33 heavy (non-hydrogen) atoms. The number of carboxylic acid groups (broad SMARTS) is 1. The van der Waals surface area contributed by atoms with Crippen LogP contribution in [-0.4, -0.2) is 51.6 Å². The molecule has 3 rings (SSSR count). The molecule has 184 valence electrons. The number of hydrogen-bond donors (Lipinski definition) is 3. The zero-order valence-electron chi connectivity index (χ0n) is 18.7. The van der Waals surface area contributed by atoms with Gasteiger partial charge in [-0.2, -0.15) is 18.2 Å². The van der Waals surface area contributed by atoms with Crippen molar-refractivity contribution >= 4 is 29.3 Å². The van der Waals surface area contributed by atoms with Crippen molar-refractivity contribution in [2.24, 2.45) is 0 Å². The molecule has 0 bridgehead atoms. The monoisotopic (exact) mass is 493 g/mol. The molecule has 2 aromatic heterocycles. The second kappa shape index (κ2) is 11.5. The van der Waals surface area contributed by atoms with Crippen LogP contribution in [0.25, 0.3) is 0 Å². The van der Waals surface area contributed by atoms with E-state index in [1.54, 1.807) is 13.4 Å². The summed E-state index contributed by atoms with van der Waals surface area (Å²) in [6, 6.07) is 0.219. The first kappa shape index (κ1) is 26.7. The molecule has 3 N–H and O–H groups in total. The van der Waals surface area contributed by atoms with Gasteiger partial charge in [0.25, 0.3) is 0 Å². The molecular formula is C20H27ClF3N5O4. The molecule has 2 heterocycles. The van der Waals surface area contributed by atoms with Gasteiger partial charge >= 0.3 is 12.1 Å². The molecule has 1 saturated carbocycles. The van der Waals surface area contributed by atoms with Gasteiger partial charge in [-0.05, 0) is 32.1 Å². The smallest absolute Gasteiger partial charge is 0.475 e. The summed E-state index contributed by atoms with van der Waals surface area (Å²) in [5.41, 5.74) is 2.66. The molecule has 13 heteroatoms. The first-order valence-electron chi connectivity index (χ1n) is 10.2. The fraction of sp³-hybridized carbons (Fsp3) is 0.600. The summed E-state index contributed by atoms with van der Waals surface area (Å²) < 4.78 is 42.4. The molecule has 0 aromatic carbocycles. The molecule has 2 atom stereocenters. The molecule has 0 unspecified atom stereocenters. The fourth-order valence-corrected chi connectivity index (χ4v) is 3.47. The van der Waals surface area contributed by atoms with E-state index in [1.807, 2.05) is 6.92 Å². The van der Waals surface area contributed by atoms with Crippen LogP contribution >= 0.6 is 11.6 Å². The number of aliphatic carboxylic acids is 1. The number of nitrogens with zero attached hydrogens (tertiary/aromatic N) is 3. The van der Waals surface area contributed by atoms with Crippen molar-refractivity contribution in [3.63, 3.8) is 0 Å². The Morgan fingerprint density at radius 3 is 2.61 bits per heavy atom. The van der Waals surface area contributed by atoms with Gasteiger partial charge in [-0.3, -0.25) is 0 Å². The topological polar surface area (TPSA) is 122 Å². The van der Waals surface area contributed by atoms with E-state index < -0.39 is 12.1 Å². The number of anilines is 2. The van der Waals surface area contributed by atoms with E-state index in [9.17, 15) is 13.2 Å². The molecular weight excluding hydrogens is 467 g/mol. The number of alkyl halides is 3. The van der Waals surface area contributed by atoms with Gasteiger partial charge < -0.3 is 25.0 Å². The minimum atomic E-state index is -5.08. The van der Waals surface area contributed by atoms with Gasteiger partial charge in [0.05, 0.1) is 24.4 Å². The van der Waals surface area contributed by atoms with E-state index in [1.165, 1.54) is 0 Å². The van der Waals surface area contributed by atoms with Crippen LogP contribution in [0.3, 0.4) is 0 Å². The van der Waals surface area contributed by atoms with Gasteiger partial charge in [-0.15, -0.1) is 0 Å². The Balaban J connectivity index is 0.000000479. The molecule has 1 fully saturated rings. The van der Waals surface area contributed by atoms with Crippen molar-refractivity contribution in [1.29, 1.82) is 0 Å². The van der Waals surface area contributed by atoms with Crippen LogP contribution in [0.1, 0.15) is 56.0 Å². The summed E-state index contributed by atoms with van der Waals surface area (Å²) in [5, 5.41) is 18.4. The quantitative estimate of drug-likeness (QED) is 0.500. The third-order valence-corrected chi connectivity index (χ3v) is 5.50. The molecule has 0 spiro atoms. The Morgan fingerprint density at radius 2 is 2.03 bits per heavy atom. The molecule has 0 aliphatic heterocycles. The van der Waals surface area contributed by atoms with Crippen molar-refractivity contribution in [1.82, 2.24) is 15.1 Å². The number of ether oxygens (including phenoxy) is 1. The van der Waals surface area contributed by atoms with Crippen molar-refractivity contribution in [2.45, 2.75) is 70.8 Å². The first-order valence-corrected chi connectivity index (χ1v) is 10.6. The minimum Gasteiger partial charge on any atom is -0.475 e. The van der Waals surface area contributed by atoms with E-state index in [4.69, 9.17) is 30.8 Å². The molecule has 0 saturated heterocycles. The number of halogens is 4. The fourth-order valence-electron chi connectivity index (χ4n) is 3.32. The highest BCUT2D eigenvalue weighted by Crippen LogP contribution is 2.28. The predicted molar refractivity (Wildman–Crippen MR) is 115 cm³/mol. The summed E-state index contributed by atoms with van der Waals surface area (Å²) in [6.45, 7) is 6.57. The van der Waals surface area contributed by atoms with Gasteiger partial charge in [0, 0.05) is 12.7 Å². The summed E-state index contributed by atoms with van der Waals surface area (Å²) in [7, 11) is 1.75. The van der Waals surface area contributed by atoms with Crippen LogP contribution in [0.2, 0.25) is 5.02 Å². The zero-order chi connectivity index (χ0) is 24.8. The summed E-state index contributed by atoms with van der Waals surface area (Å²) in [4.78, 5) is 17.9. The third-order valence-electron chi connectivity index (χ3n) is 5.05. The highest BCUT2D eigenvalue weighted by atomic mass is 35.5. The number of aryl methyl sites for hydroxylation is 1. The van der Waals surface area contributed by atoms with Crippen molar-refractivity contribution in [3.05, 3.63) is 28.2 Å². The number of carbonyl (C=O) groups is 1. The summed E-state index contributed by atoms with van der Waals surface area (Å²) in [5.74, 6) is -1.27. The molecule has 1 aliphatic rings. The van der Waals surface area contributed by atoms with Crippen LogP contribution in [0, 0.1) is 6.92 Å². The number of hydrogen-bond acceptors (Lipinski definition) is 8. The molecule has 0 amide bonds. The number of nitrogens with one attached hydrogen (secondary N) is 2. The maximum atomic E-state index is 10.6. The third kappa shape index (κ3) is 7.46. The molecule has 9 nitrogen and oxygen atoms in total. The Hall–Kier alpha value is -2.60. The predicted octanol–water partition coefficient (Wildman–Crippen LogP) is 4.77. The largest absolute Gasteiger partial charge is 0.490 e. The minimum absolute atomic E-state index is 0.190.